The Morgan fingerprint density at radius 2 is 1.93 bits per heavy atom. The number of ether oxygens (including phenoxy) is 2. The van der Waals surface area contributed by atoms with Gasteiger partial charge in [0.2, 0.25) is 5.95 Å². The second kappa shape index (κ2) is 13.2. The van der Waals surface area contributed by atoms with Gasteiger partial charge in [0, 0.05) is 44.3 Å². The third-order valence-corrected chi connectivity index (χ3v) is 6.78. The fourth-order valence-electron chi connectivity index (χ4n) is 4.89. The first-order valence-corrected chi connectivity index (χ1v) is 14.3. The summed E-state index contributed by atoms with van der Waals surface area (Å²) < 4.78 is 11.5. The number of benzene rings is 1. The number of fused-ring (bicyclic) bond motifs is 1. The van der Waals surface area contributed by atoms with Crippen molar-refractivity contribution in [3.05, 3.63) is 53.5 Å². The number of hydrogen-bond acceptors (Lipinski definition) is 9. The van der Waals surface area contributed by atoms with E-state index in [1.807, 2.05) is 52.8 Å². The number of likely N-dealkylation sites (tertiary alicyclic amines) is 1. The number of rotatable bonds is 8. The Balaban J connectivity index is 1.59. The van der Waals surface area contributed by atoms with Gasteiger partial charge in [-0.1, -0.05) is 12.1 Å². The molecule has 12 heteroatoms. The molecule has 3 heterocycles. The Kier molecular flexibility index (Phi) is 9.66. The SMILES string of the molecule is CN/C=C(\C=N)Nc1nccc(-c2ccc3c(c2)CN(C(=O)OC(C)(C)C)CCC3NC(=O)N2CC(OC(C)C)C2)n1. The van der Waals surface area contributed by atoms with Crippen LogP contribution in [0.15, 0.2) is 42.4 Å². The number of hydrogen-bond donors (Lipinski definition) is 4. The Labute approximate surface area is 247 Å². The van der Waals surface area contributed by atoms with Crippen LogP contribution in [0.5, 0.6) is 0 Å². The Morgan fingerprint density at radius 3 is 2.60 bits per heavy atom. The third-order valence-electron chi connectivity index (χ3n) is 6.78. The summed E-state index contributed by atoms with van der Waals surface area (Å²) in [6, 6.07) is 7.33. The van der Waals surface area contributed by atoms with E-state index in [2.05, 4.69) is 25.9 Å². The van der Waals surface area contributed by atoms with E-state index in [1.54, 1.807) is 35.3 Å². The molecule has 1 saturated heterocycles. The number of amides is 3. The van der Waals surface area contributed by atoms with Gasteiger partial charge in [-0.05, 0) is 64.3 Å². The highest BCUT2D eigenvalue weighted by atomic mass is 16.6. The molecule has 2 aliphatic heterocycles. The minimum atomic E-state index is -0.630. The first-order chi connectivity index (χ1) is 20.0. The highest BCUT2D eigenvalue weighted by molar-refractivity contribution is 5.80. The fourth-order valence-corrected chi connectivity index (χ4v) is 4.89. The van der Waals surface area contributed by atoms with E-state index in [1.165, 1.54) is 6.21 Å². The van der Waals surface area contributed by atoms with Crippen LogP contribution >= 0.6 is 0 Å². The number of allylic oxidation sites excluding steroid dienone is 1. The van der Waals surface area contributed by atoms with E-state index in [0.29, 0.717) is 49.9 Å². The normalized spacial score (nSPS) is 17.6. The molecule has 2 aliphatic rings. The summed E-state index contributed by atoms with van der Waals surface area (Å²) in [7, 11) is 1.75. The van der Waals surface area contributed by atoms with E-state index in [4.69, 9.17) is 14.9 Å². The Hall–Kier alpha value is -4.19. The zero-order valence-corrected chi connectivity index (χ0v) is 25.2. The summed E-state index contributed by atoms with van der Waals surface area (Å²) in [6.45, 7) is 11.4. The monoisotopic (exact) mass is 578 g/mol. The van der Waals surface area contributed by atoms with Crippen LogP contribution in [0.1, 0.15) is 58.2 Å². The second-order valence-corrected chi connectivity index (χ2v) is 11.7. The van der Waals surface area contributed by atoms with E-state index in [9.17, 15) is 9.59 Å². The van der Waals surface area contributed by atoms with Crippen molar-refractivity contribution in [1.29, 1.82) is 5.41 Å². The quantitative estimate of drug-likeness (QED) is 0.340. The van der Waals surface area contributed by atoms with Crippen LogP contribution in [0.4, 0.5) is 15.5 Å². The van der Waals surface area contributed by atoms with Crippen LogP contribution in [0.25, 0.3) is 11.3 Å². The Bertz CT molecular complexity index is 1320. The molecule has 0 bridgehead atoms. The summed E-state index contributed by atoms with van der Waals surface area (Å²) >= 11 is 0. The molecule has 1 atom stereocenters. The summed E-state index contributed by atoms with van der Waals surface area (Å²) in [5.74, 6) is 0.349. The van der Waals surface area contributed by atoms with Crippen molar-refractivity contribution in [1.82, 2.24) is 30.4 Å². The number of nitrogens with zero attached hydrogens (tertiary/aromatic N) is 4. The second-order valence-electron chi connectivity index (χ2n) is 11.7. The van der Waals surface area contributed by atoms with Crippen LogP contribution in [0, 0.1) is 5.41 Å². The van der Waals surface area contributed by atoms with Gasteiger partial charge in [-0.15, -0.1) is 0 Å². The Morgan fingerprint density at radius 1 is 1.17 bits per heavy atom. The standard InChI is InChI=1S/C30H42N8O4/c1-19(2)41-23-17-38(18-23)28(39)36-26-10-12-37(29(40)42-30(3,4)5)16-21-13-20(7-8-24(21)26)25-9-11-33-27(35-25)34-22(14-31)15-32-6/h7-9,11,13-15,19,23,26,31-32H,10,12,16-18H2,1-6H3,(H,36,39)(H,33,34,35)/b22-15+,31-14?. The predicted molar refractivity (Wildman–Crippen MR) is 161 cm³/mol. The average molecular weight is 579 g/mol. The van der Waals surface area contributed by atoms with E-state index in [0.717, 1.165) is 16.7 Å². The molecule has 0 saturated carbocycles. The molecule has 1 aromatic carbocycles. The summed E-state index contributed by atoms with van der Waals surface area (Å²) in [4.78, 5) is 38.6. The highest BCUT2D eigenvalue weighted by Gasteiger charge is 2.35. The number of anilines is 1. The van der Waals surface area contributed by atoms with E-state index < -0.39 is 11.7 Å². The molecule has 0 aliphatic carbocycles. The van der Waals surface area contributed by atoms with Gasteiger partial charge in [0.05, 0.1) is 42.7 Å². The zero-order chi connectivity index (χ0) is 30.4. The van der Waals surface area contributed by atoms with Crippen molar-refractivity contribution in [2.75, 3.05) is 32.0 Å². The lowest BCUT2D eigenvalue weighted by atomic mass is 9.96. The number of carbonyl (C=O) groups excluding carboxylic acids is 2. The van der Waals surface area contributed by atoms with Crippen molar-refractivity contribution in [2.24, 2.45) is 0 Å². The van der Waals surface area contributed by atoms with Crippen LogP contribution in [-0.2, 0) is 16.0 Å². The topological polar surface area (TPSA) is 145 Å². The third kappa shape index (κ3) is 7.96. The van der Waals surface area contributed by atoms with Crippen molar-refractivity contribution in [3.63, 3.8) is 0 Å². The predicted octanol–water partition coefficient (Wildman–Crippen LogP) is 4.27. The molecule has 1 fully saturated rings. The zero-order valence-electron chi connectivity index (χ0n) is 25.2. The molecule has 4 rings (SSSR count). The van der Waals surface area contributed by atoms with E-state index >= 15 is 0 Å². The minimum Gasteiger partial charge on any atom is -0.444 e. The van der Waals surface area contributed by atoms with Crippen molar-refractivity contribution in [3.8, 4) is 11.3 Å². The lowest BCUT2D eigenvalue weighted by Crippen LogP contribution is -2.58. The summed E-state index contributed by atoms with van der Waals surface area (Å²) in [5.41, 5.74) is 3.23. The molecule has 4 N–H and O–H groups in total. The summed E-state index contributed by atoms with van der Waals surface area (Å²) in [6.07, 6.45) is 4.78. The maximum absolute atomic E-state index is 13.1. The van der Waals surface area contributed by atoms with Gasteiger partial charge in [-0.2, -0.15) is 0 Å². The average Bonchev–Trinajstić information content (AvgIpc) is 3.08. The van der Waals surface area contributed by atoms with Crippen LogP contribution in [-0.4, -0.2) is 82.6 Å². The van der Waals surface area contributed by atoms with Crippen LogP contribution in [0.2, 0.25) is 0 Å². The minimum absolute atomic E-state index is 0.0541. The number of urea groups is 1. The largest absolute Gasteiger partial charge is 0.444 e. The van der Waals surface area contributed by atoms with Crippen molar-refractivity contribution in [2.45, 2.75) is 71.4 Å². The maximum Gasteiger partial charge on any atom is 0.410 e. The molecular formula is C30H42N8O4. The highest BCUT2D eigenvalue weighted by Crippen LogP contribution is 2.32. The molecule has 1 aromatic heterocycles. The van der Waals surface area contributed by atoms with Gasteiger partial charge < -0.3 is 40.6 Å². The molecule has 12 nitrogen and oxygen atoms in total. The van der Waals surface area contributed by atoms with Gasteiger partial charge in [0.15, 0.2) is 0 Å². The lowest BCUT2D eigenvalue weighted by Gasteiger charge is -2.40. The first kappa shape index (κ1) is 30.8. The molecule has 226 valence electrons. The first-order valence-electron chi connectivity index (χ1n) is 14.3. The fraction of sp³-hybridized carbons (Fsp3) is 0.500. The molecule has 1 unspecified atom stereocenters. The van der Waals surface area contributed by atoms with Crippen LogP contribution < -0.4 is 16.0 Å². The summed E-state index contributed by atoms with van der Waals surface area (Å²) in [5, 5.41) is 16.7. The molecule has 42 heavy (non-hydrogen) atoms. The maximum atomic E-state index is 13.1. The molecule has 0 spiro atoms. The molecule has 2 aromatic rings. The molecule has 3 amide bonds. The smallest absolute Gasteiger partial charge is 0.410 e. The number of carbonyl (C=O) groups is 2. The van der Waals surface area contributed by atoms with Gasteiger partial charge in [0.1, 0.15) is 5.60 Å². The van der Waals surface area contributed by atoms with Gasteiger partial charge in [-0.25, -0.2) is 19.6 Å². The molecule has 0 radical (unpaired) electrons. The van der Waals surface area contributed by atoms with Gasteiger partial charge in [0.25, 0.3) is 0 Å². The molecular weight excluding hydrogens is 536 g/mol. The van der Waals surface area contributed by atoms with Gasteiger partial charge in [-0.3, -0.25) is 0 Å². The van der Waals surface area contributed by atoms with Gasteiger partial charge >= 0.3 is 12.1 Å². The lowest BCUT2D eigenvalue weighted by molar-refractivity contribution is -0.0644. The van der Waals surface area contributed by atoms with Crippen molar-refractivity contribution >= 4 is 24.3 Å². The van der Waals surface area contributed by atoms with E-state index in [-0.39, 0.29) is 24.3 Å². The van der Waals surface area contributed by atoms with Crippen LogP contribution in [0.3, 0.4) is 0 Å². The number of aromatic nitrogens is 2. The van der Waals surface area contributed by atoms with Crippen molar-refractivity contribution < 1.29 is 19.1 Å². The number of nitrogens with one attached hydrogen (secondary N) is 4.